The first-order valence-electron chi connectivity index (χ1n) is 6.62. The van der Waals surface area contributed by atoms with Gasteiger partial charge < -0.3 is 5.32 Å². The summed E-state index contributed by atoms with van der Waals surface area (Å²) in [4.78, 5) is 0.270. The number of rotatable bonds is 3. The molecule has 0 aromatic heterocycles. The number of halogens is 1. The Kier molecular flexibility index (Phi) is 3.55. The van der Waals surface area contributed by atoms with Gasteiger partial charge in [-0.2, -0.15) is 0 Å². The highest BCUT2D eigenvalue weighted by molar-refractivity contribution is 7.92. The average molecular weight is 323 g/mol. The molecule has 1 aliphatic heterocycles. The summed E-state index contributed by atoms with van der Waals surface area (Å²) in [6, 6.07) is 12.1. The summed E-state index contributed by atoms with van der Waals surface area (Å²) in [5, 5.41) is 3.87. The molecule has 3 rings (SSSR count). The first kappa shape index (κ1) is 14.2. The summed E-state index contributed by atoms with van der Waals surface area (Å²) < 4.78 is 27.4. The number of benzene rings is 2. The zero-order chi connectivity index (χ0) is 15.0. The average Bonchev–Trinajstić information content (AvgIpc) is 2.80. The topological polar surface area (TPSA) is 58.2 Å². The molecule has 0 saturated heterocycles. The Balaban J connectivity index is 1.89. The highest BCUT2D eigenvalue weighted by Crippen LogP contribution is 2.29. The van der Waals surface area contributed by atoms with Crippen molar-refractivity contribution in [3.63, 3.8) is 0 Å². The number of sulfonamides is 1. The molecule has 0 fully saturated rings. The van der Waals surface area contributed by atoms with Crippen LogP contribution in [-0.2, 0) is 16.4 Å². The lowest BCUT2D eigenvalue weighted by Crippen LogP contribution is -2.13. The largest absolute Gasteiger partial charge is 0.382 e. The van der Waals surface area contributed by atoms with Gasteiger partial charge in [0.25, 0.3) is 10.0 Å². The van der Waals surface area contributed by atoms with Crippen LogP contribution < -0.4 is 10.0 Å². The molecule has 0 spiro atoms. The van der Waals surface area contributed by atoms with E-state index in [0.29, 0.717) is 16.8 Å². The predicted molar refractivity (Wildman–Crippen MR) is 85.5 cm³/mol. The van der Waals surface area contributed by atoms with Gasteiger partial charge >= 0.3 is 0 Å². The van der Waals surface area contributed by atoms with Crippen molar-refractivity contribution in [2.75, 3.05) is 10.0 Å². The molecule has 0 saturated carbocycles. The van der Waals surface area contributed by atoms with Crippen LogP contribution in [0.2, 0.25) is 5.02 Å². The summed E-state index contributed by atoms with van der Waals surface area (Å²) in [6.07, 6.45) is 0.833. The molecule has 4 nitrogen and oxygen atoms in total. The Hall–Kier alpha value is -1.72. The maximum Gasteiger partial charge on any atom is 0.261 e. The molecule has 2 N–H and O–H groups in total. The first-order chi connectivity index (χ1) is 9.94. The third kappa shape index (κ3) is 2.99. The predicted octanol–water partition coefficient (Wildman–Crippen LogP) is 3.50. The molecule has 1 atom stereocenters. The van der Waals surface area contributed by atoms with Crippen LogP contribution in [0.1, 0.15) is 12.5 Å². The molecule has 2 aromatic carbocycles. The first-order valence-corrected chi connectivity index (χ1v) is 8.48. The highest BCUT2D eigenvalue weighted by Gasteiger charge is 2.21. The van der Waals surface area contributed by atoms with Crippen LogP contribution in [-0.4, -0.2) is 14.5 Å². The number of fused-ring (bicyclic) bond motifs is 1. The quantitative estimate of drug-likeness (QED) is 0.909. The highest BCUT2D eigenvalue weighted by atomic mass is 35.5. The van der Waals surface area contributed by atoms with E-state index in [2.05, 4.69) is 17.0 Å². The van der Waals surface area contributed by atoms with Crippen molar-refractivity contribution in [2.45, 2.75) is 24.3 Å². The number of hydrogen-bond acceptors (Lipinski definition) is 3. The fraction of sp³-hybridized carbons (Fsp3) is 0.200. The fourth-order valence-corrected chi connectivity index (χ4v) is 3.66. The molecule has 1 heterocycles. The molecule has 1 aliphatic rings. The Bertz CT molecular complexity index is 773. The van der Waals surface area contributed by atoms with Gasteiger partial charge in [-0.05, 0) is 61.4 Å². The third-order valence-electron chi connectivity index (χ3n) is 3.41. The van der Waals surface area contributed by atoms with E-state index in [9.17, 15) is 8.42 Å². The van der Waals surface area contributed by atoms with E-state index >= 15 is 0 Å². The fourth-order valence-electron chi connectivity index (χ4n) is 2.43. The van der Waals surface area contributed by atoms with Crippen LogP contribution >= 0.6 is 11.6 Å². The summed E-state index contributed by atoms with van der Waals surface area (Å²) >= 11 is 5.79. The molecule has 110 valence electrons. The second kappa shape index (κ2) is 5.24. The van der Waals surface area contributed by atoms with E-state index in [1.807, 2.05) is 6.07 Å². The molecular formula is C15H15ClN2O2S. The lowest BCUT2D eigenvalue weighted by molar-refractivity contribution is 0.601. The van der Waals surface area contributed by atoms with Gasteiger partial charge in [-0.3, -0.25) is 4.72 Å². The van der Waals surface area contributed by atoms with Gasteiger partial charge in [0.2, 0.25) is 0 Å². The van der Waals surface area contributed by atoms with Gasteiger partial charge in [-0.15, -0.1) is 0 Å². The summed E-state index contributed by atoms with van der Waals surface area (Å²) in [5.41, 5.74) is 2.53. The zero-order valence-electron chi connectivity index (χ0n) is 11.4. The Morgan fingerprint density at radius 2 is 1.90 bits per heavy atom. The second-order valence-electron chi connectivity index (χ2n) is 5.18. The maximum absolute atomic E-state index is 12.4. The maximum atomic E-state index is 12.4. The lowest BCUT2D eigenvalue weighted by Gasteiger charge is -2.09. The van der Waals surface area contributed by atoms with Crippen molar-refractivity contribution < 1.29 is 8.42 Å². The van der Waals surface area contributed by atoms with E-state index in [-0.39, 0.29) is 4.90 Å². The lowest BCUT2D eigenvalue weighted by atomic mass is 10.1. The monoisotopic (exact) mass is 322 g/mol. The second-order valence-corrected chi connectivity index (χ2v) is 7.30. The third-order valence-corrected chi connectivity index (χ3v) is 5.04. The molecule has 21 heavy (non-hydrogen) atoms. The van der Waals surface area contributed by atoms with Gasteiger partial charge in [0.05, 0.1) is 4.90 Å². The molecule has 0 radical (unpaired) electrons. The van der Waals surface area contributed by atoms with E-state index in [1.54, 1.807) is 36.4 Å². The summed E-state index contributed by atoms with van der Waals surface area (Å²) in [6.45, 7) is 2.07. The molecular weight excluding hydrogens is 308 g/mol. The molecule has 0 unspecified atom stereocenters. The van der Waals surface area contributed by atoms with Crippen LogP contribution in [0, 0.1) is 0 Å². The molecule has 0 aliphatic carbocycles. The molecule has 6 heteroatoms. The zero-order valence-corrected chi connectivity index (χ0v) is 13.0. The smallest absolute Gasteiger partial charge is 0.261 e. The Morgan fingerprint density at radius 1 is 1.19 bits per heavy atom. The number of hydrogen-bond donors (Lipinski definition) is 2. The SMILES string of the molecule is C[C@H]1Cc2cc(S(=O)(=O)Nc3ccc(Cl)cc3)ccc2N1. The summed E-state index contributed by atoms with van der Waals surface area (Å²) in [7, 11) is -3.59. The van der Waals surface area contributed by atoms with E-state index < -0.39 is 10.0 Å². The molecule has 0 amide bonds. The van der Waals surface area contributed by atoms with Crippen molar-refractivity contribution in [2.24, 2.45) is 0 Å². The van der Waals surface area contributed by atoms with E-state index in [0.717, 1.165) is 17.7 Å². The minimum Gasteiger partial charge on any atom is -0.382 e. The van der Waals surface area contributed by atoms with Gasteiger partial charge in [0.15, 0.2) is 0 Å². The molecule has 2 aromatic rings. The van der Waals surface area contributed by atoms with Crippen molar-refractivity contribution in [3.8, 4) is 0 Å². The number of nitrogens with one attached hydrogen (secondary N) is 2. The Morgan fingerprint density at radius 3 is 2.62 bits per heavy atom. The van der Waals surface area contributed by atoms with Gasteiger partial charge in [0.1, 0.15) is 0 Å². The van der Waals surface area contributed by atoms with Crippen molar-refractivity contribution >= 4 is 33.0 Å². The van der Waals surface area contributed by atoms with Crippen LogP contribution in [0.5, 0.6) is 0 Å². The number of anilines is 2. The van der Waals surface area contributed by atoms with Crippen molar-refractivity contribution in [1.82, 2.24) is 0 Å². The van der Waals surface area contributed by atoms with Crippen molar-refractivity contribution in [1.29, 1.82) is 0 Å². The van der Waals surface area contributed by atoms with E-state index in [1.165, 1.54) is 0 Å². The normalized spacial score (nSPS) is 17.1. The van der Waals surface area contributed by atoms with Gasteiger partial charge in [0, 0.05) is 22.4 Å². The van der Waals surface area contributed by atoms with Crippen LogP contribution in [0.3, 0.4) is 0 Å². The van der Waals surface area contributed by atoms with Gasteiger partial charge in [-0.1, -0.05) is 11.6 Å². The van der Waals surface area contributed by atoms with E-state index in [4.69, 9.17) is 11.6 Å². The minimum atomic E-state index is -3.59. The van der Waals surface area contributed by atoms with Gasteiger partial charge in [-0.25, -0.2) is 8.42 Å². The Labute approximate surface area is 129 Å². The summed E-state index contributed by atoms with van der Waals surface area (Å²) in [5.74, 6) is 0. The minimum absolute atomic E-state index is 0.270. The van der Waals surface area contributed by atoms with Crippen LogP contribution in [0.15, 0.2) is 47.4 Å². The van der Waals surface area contributed by atoms with Crippen LogP contribution in [0.4, 0.5) is 11.4 Å². The van der Waals surface area contributed by atoms with Crippen LogP contribution in [0.25, 0.3) is 0 Å². The van der Waals surface area contributed by atoms with Crippen molar-refractivity contribution in [3.05, 3.63) is 53.1 Å². The molecule has 0 bridgehead atoms. The standard InChI is InChI=1S/C15H15ClN2O2S/c1-10-8-11-9-14(6-7-15(11)17-10)21(19,20)18-13-4-2-12(16)3-5-13/h2-7,9-10,17-18H,8H2,1H3/t10-/m0/s1.